The Morgan fingerprint density at radius 3 is 0.917 bits per heavy atom. The molecule has 0 saturated carbocycles. The first kappa shape index (κ1) is 91.8. The predicted octanol–water partition coefficient (Wildman–Crippen LogP) is 29.9. The largest absolute Gasteiger partial charge is 1.00 e. The van der Waals surface area contributed by atoms with E-state index < -0.39 is 0 Å². The molecule has 4 aromatic heterocycles. The zero-order valence-corrected chi connectivity index (χ0v) is 78.7. The van der Waals surface area contributed by atoms with Gasteiger partial charge in [-0.25, -0.2) is 0 Å². The van der Waals surface area contributed by atoms with Crippen molar-refractivity contribution in [2.24, 2.45) is 0 Å². The number of halogens is 4. The van der Waals surface area contributed by atoms with Crippen LogP contribution in [-0.2, 0) is 11.2 Å². The number of benzene rings is 17. The molecule has 17 aromatic carbocycles. The molecule has 5 heterocycles. The molecular weight excluding hydrogens is 1890 g/mol. The van der Waals surface area contributed by atoms with E-state index in [-0.39, 0.29) is 42.0 Å². The topological polar surface area (TPSA) is 163 Å². The zero-order valence-electron chi connectivity index (χ0n) is 72.3. The number of nitrogen functional groups attached to an aromatic ring is 1. The summed E-state index contributed by atoms with van der Waals surface area (Å²) >= 11 is 13.4. The normalized spacial score (nSPS) is 12.0. The summed E-state index contributed by atoms with van der Waals surface area (Å²) in [5.41, 5.74) is 24.2. The van der Waals surface area contributed by atoms with Gasteiger partial charge in [0.15, 0.2) is 23.1 Å². The molecule has 1 aliphatic heterocycles. The van der Waals surface area contributed by atoms with Crippen LogP contribution in [0.15, 0.2) is 430 Å². The summed E-state index contributed by atoms with van der Waals surface area (Å²) in [6, 6.07) is 128. The summed E-state index contributed by atoms with van der Waals surface area (Å²) < 4.78 is 32.9. The third-order valence-electron chi connectivity index (χ3n) is 22.5. The number of unbranched alkanes of at least 4 members (excludes halogenated alkanes) is 1. The minimum atomic E-state index is -0.196. The molecule has 132 heavy (non-hydrogen) atoms. The van der Waals surface area contributed by atoms with Crippen molar-refractivity contribution in [3.8, 4) is 0 Å². The number of hydrogen-bond donors (Lipinski definition) is 1. The first-order chi connectivity index (χ1) is 64.1. The van der Waals surface area contributed by atoms with E-state index in [2.05, 4.69) is 190 Å². The molecule has 12 nitrogen and oxygen atoms in total. The van der Waals surface area contributed by atoms with E-state index in [4.69, 9.17) is 28.1 Å². The Morgan fingerprint density at radius 1 is 0.273 bits per heavy atom. The first-order valence-corrected chi connectivity index (χ1v) is 46.3. The van der Waals surface area contributed by atoms with Crippen molar-refractivity contribution in [2.75, 3.05) is 28.7 Å². The summed E-state index contributed by atoms with van der Waals surface area (Å²) in [7, 11) is 0. The Hall–Kier alpha value is -13.5. The van der Waals surface area contributed by atoms with Crippen molar-refractivity contribution >= 4 is 214 Å². The van der Waals surface area contributed by atoms with E-state index in [1.165, 1.54) is 51.9 Å². The number of carbonyl (C=O) groups is 4. The molecule has 1 saturated heterocycles. The Labute approximate surface area is 810 Å². The molecular formula is C115H86Br4LiN3O9. The van der Waals surface area contributed by atoms with Gasteiger partial charge in [-0.1, -0.05) is 265 Å². The van der Waals surface area contributed by atoms with Gasteiger partial charge in [0.2, 0.25) is 0 Å². The summed E-state index contributed by atoms with van der Waals surface area (Å²) in [5, 5.41) is 8.89. The first-order valence-electron chi connectivity index (χ1n) is 43.1. The van der Waals surface area contributed by atoms with Crippen molar-refractivity contribution in [2.45, 2.75) is 39.0 Å². The van der Waals surface area contributed by atoms with E-state index in [0.29, 0.717) is 44.5 Å². The number of nitrogens with zero attached hydrogens (tertiary/aromatic N) is 2. The van der Waals surface area contributed by atoms with Crippen LogP contribution in [0.5, 0.6) is 0 Å². The van der Waals surface area contributed by atoms with Crippen LogP contribution in [0.25, 0.3) is 87.8 Å². The third kappa shape index (κ3) is 20.9. The number of hydrogen-bond acceptors (Lipinski definition) is 12. The fourth-order valence-electron chi connectivity index (χ4n) is 16.0. The van der Waals surface area contributed by atoms with E-state index >= 15 is 0 Å². The number of nitrogens with two attached hydrogens (primary N) is 1. The summed E-state index contributed by atoms with van der Waals surface area (Å²) in [6.07, 6.45) is 5.77. The van der Waals surface area contributed by atoms with Gasteiger partial charge in [0.1, 0.15) is 44.7 Å². The van der Waals surface area contributed by atoms with Crippen molar-refractivity contribution in [1.29, 1.82) is 0 Å². The maximum Gasteiger partial charge on any atom is 1.00 e. The van der Waals surface area contributed by atoms with Crippen LogP contribution < -0.4 is 34.4 Å². The number of fused-ring (bicyclic) bond motifs is 16. The van der Waals surface area contributed by atoms with Gasteiger partial charge in [0.05, 0.1) is 0 Å². The quantitative estimate of drug-likeness (QED) is 0.0828. The maximum absolute atomic E-state index is 14.4. The standard InChI is InChI=1S/C50H30N2O4.C19H14O.C14H6Br2O2.C12H7BrO.C6H5Br.C6H7N.C4H8O.C4H9.Li/c53-49-42-26-22-34(52(32-13-5-2-6-14-32)36-20-24-40-38-16-8-10-18-46(38)56-48(40)30-36)28-44(42)50(54)41-25-21-33(27-43(41)49)51(31-11-3-1-4-12-31)35-19-23-39-37-15-7-9-17-45(37)55-47(39)29-35;1-2-6-14(7-3-1)12-15-10-11-17-16-8-4-5-9-18(16)20-19(17)13-15;15-7-1-3-9-11(5-7)14(18)10-4-2-8(16)6-12(10)13(9)17;13-8-5-6-10-9-3-1-2-4-11(9)14-12(10)7-8;2*7-6-4-2-1-3-5-6;1-2-4-5-3-1;1-3-4-2;/h1-30H;1-11,13H,12H2;1-6H;1-7H;1-5H;1-5H,7H2;1-4H2;1,3-4H2,2H3;/q;;;;;;;-1;+1. The second kappa shape index (κ2) is 43.0. The molecule has 644 valence electrons. The molecule has 0 unspecified atom stereocenters. The van der Waals surface area contributed by atoms with Crippen LogP contribution in [0, 0.1) is 6.92 Å². The molecule has 17 heteroatoms. The SMILES string of the molecule is Brc1ccc2c(c1)oc1ccccc12.Brc1ccccc1.C1CCOC1.Nc1ccccc1.O=C1c2ccc(Br)cc2C(=O)c2ccc(Br)cc21.O=C1c2ccc(N(c3ccccc3)c3ccc4c(c3)oc3ccccc34)cc2C(=O)c2ccc(N(c3ccccc3)c3ccc4c(c3)oc3ccccc34)cc21.[CH2-]CCC.[Li+].c1ccc(Cc2ccc3c(c2)oc2ccccc23)cc1. The molecule has 24 rings (SSSR count). The van der Waals surface area contributed by atoms with Crippen LogP contribution >= 0.6 is 63.7 Å². The molecule has 0 atom stereocenters. The number of ether oxygens (including phenoxy) is 1. The van der Waals surface area contributed by atoms with Gasteiger partial charge in [-0.3, -0.25) is 19.2 Å². The Morgan fingerprint density at radius 2 is 0.561 bits per heavy atom. The minimum Gasteiger partial charge on any atom is -0.456 e. The monoisotopic (exact) mass is 1980 g/mol. The van der Waals surface area contributed by atoms with Crippen LogP contribution in [-0.4, -0.2) is 36.3 Å². The van der Waals surface area contributed by atoms with E-state index in [0.717, 1.165) is 150 Å². The smallest absolute Gasteiger partial charge is 0.456 e. The average molecular weight is 1980 g/mol. The van der Waals surface area contributed by atoms with E-state index in [9.17, 15) is 19.2 Å². The maximum atomic E-state index is 14.4. The minimum absolute atomic E-state index is 0. The number of ketones is 4. The number of furan rings is 4. The van der Waals surface area contributed by atoms with Crippen LogP contribution in [0.2, 0.25) is 0 Å². The van der Waals surface area contributed by atoms with Crippen LogP contribution in [0.3, 0.4) is 0 Å². The molecule has 2 N–H and O–H groups in total. The summed E-state index contributed by atoms with van der Waals surface area (Å²) in [4.78, 5) is 57.7. The van der Waals surface area contributed by atoms with Crippen LogP contribution in [0.4, 0.5) is 39.8 Å². The molecule has 0 amide bonds. The zero-order chi connectivity index (χ0) is 90.3. The summed E-state index contributed by atoms with van der Waals surface area (Å²) in [5.74, 6) is -0.598. The number of anilines is 7. The molecule has 0 bridgehead atoms. The van der Waals surface area contributed by atoms with E-state index in [1.54, 1.807) is 48.5 Å². The molecule has 0 spiro atoms. The van der Waals surface area contributed by atoms with Gasteiger partial charge >= 0.3 is 18.9 Å². The average Bonchev–Trinajstić information content (AvgIpc) is 1.06. The second-order valence-electron chi connectivity index (χ2n) is 31.3. The predicted molar refractivity (Wildman–Crippen MR) is 549 cm³/mol. The fourth-order valence-corrected chi connectivity index (χ4v) is 17.4. The molecule has 1 fully saturated rings. The van der Waals surface area contributed by atoms with Crippen molar-refractivity contribution in [1.82, 2.24) is 0 Å². The van der Waals surface area contributed by atoms with Gasteiger partial charge < -0.3 is 44.9 Å². The van der Waals surface area contributed by atoms with Gasteiger partial charge in [0, 0.05) is 171 Å². The number of rotatable bonds is 9. The second-order valence-corrected chi connectivity index (χ2v) is 34.9. The summed E-state index contributed by atoms with van der Waals surface area (Å²) in [6.45, 7) is 7.72. The Kier molecular flexibility index (Phi) is 29.9. The van der Waals surface area contributed by atoms with Gasteiger partial charge in [0.25, 0.3) is 0 Å². The van der Waals surface area contributed by atoms with Crippen molar-refractivity contribution < 1.29 is 60.4 Å². The van der Waals surface area contributed by atoms with Crippen molar-refractivity contribution in [3.63, 3.8) is 0 Å². The number of para-hydroxylation sites is 7. The molecule has 21 aromatic rings. The fraction of sp³-hybridized carbons (Fsp3) is 0.0696. The Bertz CT molecular complexity index is 7360. The van der Waals surface area contributed by atoms with Gasteiger partial charge in [-0.15, -0.1) is 0 Å². The van der Waals surface area contributed by atoms with Gasteiger partial charge in [-0.2, -0.15) is 6.42 Å². The number of carbonyl (C=O) groups excluding carboxylic acids is 4. The molecule has 2 aliphatic carbocycles. The van der Waals surface area contributed by atoms with E-state index in [1.807, 2.05) is 243 Å². The van der Waals surface area contributed by atoms with Crippen molar-refractivity contribution in [3.05, 3.63) is 475 Å². The van der Waals surface area contributed by atoms with Crippen LogP contribution in [0.1, 0.15) is 107 Å². The molecule has 0 radical (unpaired) electrons. The Balaban J connectivity index is 0.000000135. The van der Waals surface area contributed by atoms with Gasteiger partial charge in [-0.05, 0) is 225 Å². The molecule has 3 aliphatic rings. The third-order valence-corrected chi connectivity index (χ3v) is 24.5.